The highest BCUT2D eigenvalue weighted by Crippen LogP contribution is 2.35. The average Bonchev–Trinajstić information content (AvgIpc) is 2.65. The summed E-state index contributed by atoms with van der Waals surface area (Å²) in [6, 6.07) is 0.316. The Bertz CT molecular complexity index is 313. The first-order valence-corrected chi connectivity index (χ1v) is 5.50. The minimum atomic E-state index is 0.316. The summed E-state index contributed by atoms with van der Waals surface area (Å²) in [5.74, 6) is 2.30. The predicted molar refractivity (Wildman–Crippen MR) is 50.9 cm³/mol. The molecule has 0 aromatic carbocycles. The third kappa shape index (κ3) is 1.34. The molecule has 1 N–H and O–H groups in total. The van der Waals surface area contributed by atoms with Crippen molar-refractivity contribution in [3.63, 3.8) is 0 Å². The molecule has 1 aliphatic heterocycles. The Morgan fingerprint density at radius 1 is 1.21 bits per heavy atom. The van der Waals surface area contributed by atoms with Crippen molar-refractivity contribution in [1.29, 1.82) is 0 Å². The van der Waals surface area contributed by atoms with Gasteiger partial charge in [0.2, 0.25) is 5.89 Å². The van der Waals surface area contributed by atoms with E-state index in [2.05, 4.69) is 15.5 Å². The number of aromatic nitrogens is 2. The van der Waals surface area contributed by atoms with E-state index in [0.29, 0.717) is 12.0 Å². The monoisotopic (exact) mass is 193 g/mol. The van der Waals surface area contributed by atoms with Crippen molar-refractivity contribution in [1.82, 2.24) is 15.5 Å². The molecule has 2 heterocycles. The van der Waals surface area contributed by atoms with Gasteiger partial charge in [-0.25, -0.2) is 0 Å². The molecule has 1 saturated heterocycles. The molecule has 4 nitrogen and oxygen atoms in total. The number of nitrogens with zero attached hydrogens (tertiary/aromatic N) is 2. The number of rotatable bonds is 2. The second kappa shape index (κ2) is 3.35. The van der Waals surface area contributed by atoms with Crippen molar-refractivity contribution in [2.45, 2.75) is 44.1 Å². The zero-order chi connectivity index (χ0) is 9.38. The van der Waals surface area contributed by atoms with Crippen molar-refractivity contribution in [3.05, 3.63) is 11.7 Å². The lowest BCUT2D eigenvalue weighted by Gasteiger charge is -2.21. The molecular weight excluding hydrogens is 178 g/mol. The van der Waals surface area contributed by atoms with Gasteiger partial charge in [0.05, 0.1) is 6.04 Å². The van der Waals surface area contributed by atoms with E-state index in [9.17, 15) is 0 Å². The molecule has 1 atom stereocenters. The lowest BCUT2D eigenvalue weighted by Crippen LogP contribution is -2.14. The second-order valence-electron chi connectivity index (χ2n) is 4.27. The molecule has 1 saturated carbocycles. The summed E-state index contributed by atoms with van der Waals surface area (Å²) >= 11 is 0. The van der Waals surface area contributed by atoms with Gasteiger partial charge in [-0.2, -0.15) is 4.98 Å². The van der Waals surface area contributed by atoms with Gasteiger partial charge < -0.3 is 9.84 Å². The predicted octanol–water partition coefficient (Wildman–Crippen LogP) is 1.76. The lowest BCUT2D eigenvalue weighted by molar-refractivity contribution is 0.328. The summed E-state index contributed by atoms with van der Waals surface area (Å²) in [5, 5.41) is 7.42. The zero-order valence-electron chi connectivity index (χ0n) is 8.20. The van der Waals surface area contributed by atoms with E-state index < -0.39 is 0 Å². The third-order valence-electron chi connectivity index (χ3n) is 3.29. The van der Waals surface area contributed by atoms with Crippen LogP contribution in [0, 0.1) is 0 Å². The fourth-order valence-electron chi connectivity index (χ4n) is 2.12. The molecule has 3 rings (SSSR count). The van der Waals surface area contributed by atoms with Crippen LogP contribution in [0.5, 0.6) is 0 Å². The van der Waals surface area contributed by atoms with Crippen LogP contribution in [0.4, 0.5) is 0 Å². The quantitative estimate of drug-likeness (QED) is 0.777. The van der Waals surface area contributed by atoms with Crippen LogP contribution in [0.3, 0.4) is 0 Å². The molecule has 1 aliphatic carbocycles. The summed E-state index contributed by atoms with van der Waals surface area (Å²) < 4.78 is 5.28. The maximum absolute atomic E-state index is 5.28. The molecule has 1 aromatic heterocycles. The maximum atomic E-state index is 5.28. The van der Waals surface area contributed by atoms with Gasteiger partial charge >= 0.3 is 0 Å². The minimum Gasteiger partial charge on any atom is -0.338 e. The smallest absolute Gasteiger partial charge is 0.243 e. The Labute approximate surface area is 83.1 Å². The molecule has 76 valence electrons. The molecule has 0 bridgehead atoms. The van der Waals surface area contributed by atoms with Gasteiger partial charge in [-0.1, -0.05) is 11.6 Å². The van der Waals surface area contributed by atoms with Crippen LogP contribution in [0.25, 0.3) is 0 Å². The Balaban J connectivity index is 1.75. The standard InChI is InChI=1S/C10H15N3O/c1-3-7(4-1)9-12-10(14-13-9)8-5-2-6-11-8/h7-8,11H,1-6H2/t8-/m0/s1. The molecule has 2 fully saturated rings. The van der Waals surface area contributed by atoms with Gasteiger partial charge in [0.25, 0.3) is 0 Å². The molecule has 0 spiro atoms. The van der Waals surface area contributed by atoms with Crippen LogP contribution in [0.1, 0.15) is 55.8 Å². The Kier molecular flexibility index (Phi) is 2.01. The molecule has 4 heteroatoms. The first-order valence-electron chi connectivity index (χ1n) is 5.50. The topological polar surface area (TPSA) is 51.0 Å². The van der Waals surface area contributed by atoms with E-state index in [1.807, 2.05) is 0 Å². The number of nitrogens with one attached hydrogen (secondary N) is 1. The van der Waals surface area contributed by atoms with E-state index in [0.717, 1.165) is 24.7 Å². The van der Waals surface area contributed by atoms with Crippen molar-refractivity contribution < 1.29 is 4.52 Å². The Morgan fingerprint density at radius 3 is 2.79 bits per heavy atom. The summed E-state index contributed by atoms with van der Waals surface area (Å²) in [5.41, 5.74) is 0. The maximum Gasteiger partial charge on any atom is 0.243 e. The molecule has 2 aliphatic rings. The zero-order valence-corrected chi connectivity index (χ0v) is 8.20. The summed E-state index contributed by atoms with van der Waals surface area (Å²) in [4.78, 5) is 4.47. The van der Waals surface area contributed by atoms with Gasteiger partial charge in [-0.05, 0) is 32.2 Å². The Morgan fingerprint density at radius 2 is 2.14 bits per heavy atom. The molecule has 0 unspecified atom stereocenters. The van der Waals surface area contributed by atoms with Gasteiger partial charge in [0, 0.05) is 5.92 Å². The van der Waals surface area contributed by atoms with Crippen LogP contribution in [-0.4, -0.2) is 16.7 Å². The Hall–Kier alpha value is -0.900. The molecule has 1 aromatic rings. The van der Waals surface area contributed by atoms with Crippen LogP contribution in [0.2, 0.25) is 0 Å². The van der Waals surface area contributed by atoms with Crippen molar-refractivity contribution in [2.24, 2.45) is 0 Å². The molecule has 0 amide bonds. The molecule has 0 radical (unpaired) electrons. The van der Waals surface area contributed by atoms with E-state index in [1.54, 1.807) is 0 Å². The van der Waals surface area contributed by atoms with E-state index in [-0.39, 0.29) is 0 Å². The van der Waals surface area contributed by atoms with Crippen LogP contribution in [0.15, 0.2) is 4.52 Å². The van der Waals surface area contributed by atoms with Crippen molar-refractivity contribution >= 4 is 0 Å². The van der Waals surface area contributed by atoms with Gasteiger partial charge in [-0.3, -0.25) is 0 Å². The number of hydrogen-bond acceptors (Lipinski definition) is 4. The highest BCUT2D eigenvalue weighted by atomic mass is 16.5. The first-order chi connectivity index (χ1) is 6.93. The number of hydrogen-bond donors (Lipinski definition) is 1. The fourth-order valence-corrected chi connectivity index (χ4v) is 2.12. The SMILES string of the molecule is C1CC(c2noc([C@@H]3CCCN3)n2)C1. The minimum absolute atomic E-state index is 0.316. The van der Waals surface area contributed by atoms with E-state index in [4.69, 9.17) is 4.52 Å². The van der Waals surface area contributed by atoms with Gasteiger partial charge in [0.1, 0.15) is 0 Å². The highest BCUT2D eigenvalue weighted by molar-refractivity contribution is 5.02. The summed E-state index contributed by atoms with van der Waals surface area (Å²) in [6.45, 7) is 1.08. The first kappa shape index (κ1) is 8.41. The summed E-state index contributed by atoms with van der Waals surface area (Å²) in [7, 11) is 0. The van der Waals surface area contributed by atoms with Crippen molar-refractivity contribution in [2.75, 3.05) is 6.54 Å². The van der Waals surface area contributed by atoms with Crippen LogP contribution < -0.4 is 5.32 Å². The molecular formula is C10H15N3O. The van der Waals surface area contributed by atoms with Crippen LogP contribution >= 0.6 is 0 Å². The van der Waals surface area contributed by atoms with Gasteiger partial charge in [0.15, 0.2) is 5.82 Å². The summed E-state index contributed by atoms with van der Waals surface area (Å²) in [6.07, 6.45) is 6.13. The normalized spacial score (nSPS) is 27.9. The van der Waals surface area contributed by atoms with E-state index >= 15 is 0 Å². The average molecular weight is 193 g/mol. The third-order valence-corrected chi connectivity index (χ3v) is 3.29. The van der Waals surface area contributed by atoms with Crippen molar-refractivity contribution in [3.8, 4) is 0 Å². The largest absolute Gasteiger partial charge is 0.338 e. The van der Waals surface area contributed by atoms with E-state index in [1.165, 1.54) is 25.7 Å². The second-order valence-corrected chi connectivity index (χ2v) is 4.27. The highest BCUT2D eigenvalue weighted by Gasteiger charge is 2.27. The van der Waals surface area contributed by atoms with Gasteiger partial charge in [-0.15, -0.1) is 0 Å². The van der Waals surface area contributed by atoms with Crippen LogP contribution in [-0.2, 0) is 0 Å². The molecule has 14 heavy (non-hydrogen) atoms. The lowest BCUT2D eigenvalue weighted by atomic mass is 9.85. The fraction of sp³-hybridized carbons (Fsp3) is 0.800.